The summed E-state index contributed by atoms with van der Waals surface area (Å²) in [5.41, 5.74) is 6.27. The predicted molar refractivity (Wildman–Crippen MR) is 114 cm³/mol. The van der Waals surface area contributed by atoms with E-state index >= 15 is 0 Å². The molecule has 3 nitrogen and oxygen atoms in total. The summed E-state index contributed by atoms with van der Waals surface area (Å²) in [5, 5.41) is 0. The third-order valence-electron chi connectivity index (χ3n) is 7.85. The SMILES string of the molecule is O=CN1CC2CC(C3CCCC3)=C(c3ccc(CCN4CCCC4)cc3)C2C1. The topological polar surface area (TPSA) is 23.6 Å². The van der Waals surface area contributed by atoms with Gasteiger partial charge in [-0.1, -0.05) is 42.7 Å². The minimum absolute atomic E-state index is 0.566. The normalized spacial score (nSPS) is 28.5. The van der Waals surface area contributed by atoms with Gasteiger partial charge >= 0.3 is 0 Å². The fourth-order valence-corrected chi connectivity index (χ4v) is 6.36. The van der Waals surface area contributed by atoms with Gasteiger partial charge in [0.25, 0.3) is 0 Å². The Kier molecular flexibility index (Phi) is 5.28. The molecule has 1 saturated carbocycles. The van der Waals surface area contributed by atoms with E-state index in [0.717, 1.165) is 25.4 Å². The van der Waals surface area contributed by atoms with Crippen LogP contribution in [-0.2, 0) is 11.2 Å². The van der Waals surface area contributed by atoms with Gasteiger partial charge in [-0.15, -0.1) is 0 Å². The van der Waals surface area contributed by atoms with Gasteiger partial charge in [-0.3, -0.25) is 4.79 Å². The van der Waals surface area contributed by atoms with Gasteiger partial charge in [0.1, 0.15) is 0 Å². The van der Waals surface area contributed by atoms with Crippen molar-refractivity contribution in [3.8, 4) is 0 Å². The number of allylic oxidation sites excluding steroid dienone is 1. The molecule has 0 spiro atoms. The van der Waals surface area contributed by atoms with Crippen LogP contribution in [-0.4, -0.2) is 48.9 Å². The molecule has 2 heterocycles. The van der Waals surface area contributed by atoms with Gasteiger partial charge in [0.2, 0.25) is 6.41 Å². The Morgan fingerprint density at radius 2 is 1.71 bits per heavy atom. The van der Waals surface area contributed by atoms with E-state index in [1.54, 1.807) is 11.1 Å². The quantitative estimate of drug-likeness (QED) is 0.686. The van der Waals surface area contributed by atoms with E-state index in [4.69, 9.17) is 0 Å². The summed E-state index contributed by atoms with van der Waals surface area (Å²) in [6, 6.07) is 9.50. The van der Waals surface area contributed by atoms with Crippen LogP contribution in [0.25, 0.3) is 5.57 Å². The highest BCUT2D eigenvalue weighted by Crippen LogP contribution is 2.51. The van der Waals surface area contributed by atoms with Crippen molar-refractivity contribution < 1.29 is 4.79 Å². The number of hydrogen-bond donors (Lipinski definition) is 0. The average Bonchev–Trinajstić information content (AvgIpc) is 3.51. The lowest BCUT2D eigenvalue weighted by molar-refractivity contribution is -0.117. The molecule has 2 unspecified atom stereocenters. The number of amides is 1. The highest BCUT2D eigenvalue weighted by molar-refractivity contribution is 5.75. The van der Waals surface area contributed by atoms with E-state index in [1.165, 1.54) is 82.1 Å². The van der Waals surface area contributed by atoms with Crippen molar-refractivity contribution in [1.29, 1.82) is 0 Å². The van der Waals surface area contributed by atoms with E-state index < -0.39 is 0 Å². The Balaban J connectivity index is 1.36. The molecule has 0 N–H and O–H groups in total. The molecule has 4 aliphatic rings. The van der Waals surface area contributed by atoms with Crippen LogP contribution in [0.3, 0.4) is 0 Å². The molecule has 1 aromatic rings. The Bertz CT molecular complexity index is 725. The maximum Gasteiger partial charge on any atom is 0.209 e. The van der Waals surface area contributed by atoms with Gasteiger partial charge < -0.3 is 9.80 Å². The number of fused-ring (bicyclic) bond motifs is 1. The second-order valence-electron chi connectivity index (χ2n) is 9.55. The lowest BCUT2D eigenvalue weighted by Gasteiger charge is -2.20. The number of carbonyl (C=O) groups excluding carboxylic acids is 1. The molecule has 3 heteroatoms. The zero-order valence-corrected chi connectivity index (χ0v) is 17.1. The van der Waals surface area contributed by atoms with Crippen molar-refractivity contribution in [1.82, 2.24) is 9.80 Å². The molecule has 3 fully saturated rings. The van der Waals surface area contributed by atoms with Crippen LogP contribution in [0.15, 0.2) is 29.8 Å². The molecule has 2 atom stereocenters. The van der Waals surface area contributed by atoms with Crippen LogP contribution in [0, 0.1) is 17.8 Å². The fraction of sp³-hybridized carbons (Fsp3) is 0.640. The van der Waals surface area contributed by atoms with E-state index in [0.29, 0.717) is 11.8 Å². The first-order valence-corrected chi connectivity index (χ1v) is 11.6. The van der Waals surface area contributed by atoms with Crippen molar-refractivity contribution in [2.45, 2.75) is 51.4 Å². The van der Waals surface area contributed by atoms with Crippen LogP contribution in [0.5, 0.6) is 0 Å². The molecule has 2 saturated heterocycles. The number of carbonyl (C=O) groups is 1. The number of benzene rings is 1. The molecule has 150 valence electrons. The Hall–Kier alpha value is -1.61. The van der Waals surface area contributed by atoms with Crippen LogP contribution in [0.2, 0.25) is 0 Å². The summed E-state index contributed by atoms with van der Waals surface area (Å²) in [5.74, 6) is 2.03. The standard InChI is InChI=1S/C25H34N2O/c28-18-27-16-22-15-23(20-5-1-2-6-20)25(24(22)17-27)21-9-7-19(8-10-21)11-14-26-12-3-4-13-26/h7-10,18,20,22,24H,1-6,11-17H2. The van der Waals surface area contributed by atoms with Gasteiger partial charge in [-0.2, -0.15) is 0 Å². The number of rotatable bonds is 6. The van der Waals surface area contributed by atoms with Gasteiger partial charge in [0.15, 0.2) is 0 Å². The fourth-order valence-electron chi connectivity index (χ4n) is 6.36. The van der Waals surface area contributed by atoms with Crippen LogP contribution < -0.4 is 0 Å². The van der Waals surface area contributed by atoms with Gasteiger partial charge in [0.05, 0.1) is 0 Å². The average molecular weight is 379 g/mol. The van der Waals surface area contributed by atoms with Gasteiger partial charge in [-0.05, 0) is 80.2 Å². The van der Waals surface area contributed by atoms with Crippen LogP contribution in [0.4, 0.5) is 0 Å². The lowest BCUT2D eigenvalue weighted by atomic mass is 9.87. The minimum atomic E-state index is 0.566. The van der Waals surface area contributed by atoms with Crippen molar-refractivity contribution in [2.75, 3.05) is 32.7 Å². The maximum absolute atomic E-state index is 11.4. The maximum atomic E-state index is 11.4. The zero-order chi connectivity index (χ0) is 18.9. The summed E-state index contributed by atoms with van der Waals surface area (Å²) in [4.78, 5) is 16.0. The highest BCUT2D eigenvalue weighted by Gasteiger charge is 2.43. The van der Waals surface area contributed by atoms with E-state index in [-0.39, 0.29) is 0 Å². The smallest absolute Gasteiger partial charge is 0.209 e. The second kappa shape index (κ2) is 8.02. The van der Waals surface area contributed by atoms with Crippen LogP contribution >= 0.6 is 0 Å². The Morgan fingerprint density at radius 1 is 0.964 bits per heavy atom. The minimum Gasteiger partial charge on any atom is -0.344 e. The third kappa shape index (κ3) is 3.54. The van der Waals surface area contributed by atoms with Crippen molar-refractivity contribution >= 4 is 12.0 Å². The van der Waals surface area contributed by atoms with Crippen molar-refractivity contribution in [2.24, 2.45) is 17.8 Å². The molecular weight excluding hydrogens is 344 g/mol. The number of hydrogen-bond acceptors (Lipinski definition) is 2. The molecule has 0 bridgehead atoms. The molecule has 0 aromatic heterocycles. The van der Waals surface area contributed by atoms with E-state index in [1.807, 2.05) is 4.90 Å². The summed E-state index contributed by atoms with van der Waals surface area (Å²) in [6.45, 7) is 5.66. The first kappa shape index (κ1) is 18.4. The van der Waals surface area contributed by atoms with Crippen LogP contribution in [0.1, 0.15) is 56.1 Å². The molecule has 28 heavy (non-hydrogen) atoms. The van der Waals surface area contributed by atoms with E-state index in [2.05, 4.69) is 29.2 Å². The number of nitrogens with zero attached hydrogens (tertiary/aromatic N) is 2. The summed E-state index contributed by atoms with van der Waals surface area (Å²) < 4.78 is 0. The second-order valence-corrected chi connectivity index (χ2v) is 9.55. The highest BCUT2D eigenvalue weighted by atomic mass is 16.1. The van der Waals surface area contributed by atoms with E-state index in [9.17, 15) is 4.79 Å². The first-order chi connectivity index (χ1) is 13.8. The summed E-state index contributed by atoms with van der Waals surface area (Å²) in [7, 11) is 0. The van der Waals surface area contributed by atoms with Crippen molar-refractivity contribution in [3.63, 3.8) is 0 Å². The van der Waals surface area contributed by atoms with Gasteiger partial charge in [-0.25, -0.2) is 0 Å². The third-order valence-corrected chi connectivity index (χ3v) is 7.85. The lowest BCUT2D eigenvalue weighted by Crippen LogP contribution is -2.21. The molecule has 0 radical (unpaired) electrons. The summed E-state index contributed by atoms with van der Waals surface area (Å²) in [6.07, 6.45) is 11.7. The molecule has 2 aliphatic carbocycles. The largest absolute Gasteiger partial charge is 0.344 e. The monoisotopic (exact) mass is 378 g/mol. The Labute approximate surface area is 169 Å². The number of likely N-dealkylation sites (tertiary alicyclic amines) is 2. The van der Waals surface area contributed by atoms with Crippen molar-refractivity contribution in [3.05, 3.63) is 41.0 Å². The molecule has 2 aliphatic heterocycles. The zero-order valence-electron chi connectivity index (χ0n) is 17.1. The predicted octanol–water partition coefficient (Wildman–Crippen LogP) is 4.38. The molecule has 1 amide bonds. The molecule has 5 rings (SSSR count). The molecule has 1 aromatic carbocycles. The Morgan fingerprint density at radius 3 is 2.43 bits per heavy atom. The first-order valence-electron chi connectivity index (χ1n) is 11.6. The molecular formula is C25H34N2O. The van der Waals surface area contributed by atoms with Gasteiger partial charge in [0, 0.05) is 25.6 Å². The summed E-state index contributed by atoms with van der Waals surface area (Å²) >= 11 is 0.